The normalized spacial score (nSPS) is 19.2. The largest absolute Gasteiger partial charge is 0.487 e. The van der Waals surface area contributed by atoms with Crippen molar-refractivity contribution < 1.29 is 28.5 Å². The molecule has 0 radical (unpaired) electrons. The fraction of sp³-hybridized carbons (Fsp3) is 0.444. The molecule has 1 aliphatic heterocycles. The highest BCUT2D eigenvalue weighted by atomic mass is 32.3. The van der Waals surface area contributed by atoms with Gasteiger partial charge >= 0.3 is 5.97 Å². The van der Waals surface area contributed by atoms with Crippen molar-refractivity contribution >= 4 is 16.7 Å². The number of nitrogens with zero attached hydrogens (tertiary/aromatic N) is 4. The van der Waals surface area contributed by atoms with E-state index in [2.05, 4.69) is 10.3 Å². The maximum absolute atomic E-state index is 12.2. The van der Waals surface area contributed by atoms with Gasteiger partial charge in [-0.25, -0.2) is 0 Å². The van der Waals surface area contributed by atoms with Crippen LogP contribution in [0, 0.1) is 12.3 Å². The Hall–Kier alpha value is -2.96. The molecule has 0 spiro atoms. The molecular weight excluding hydrogens is 508 g/mol. The number of aryl methyl sites for hydroxylation is 2. The van der Waals surface area contributed by atoms with Crippen molar-refractivity contribution in [3.63, 3.8) is 0 Å². The van der Waals surface area contributed by atoms with E-state index in [0.29, 0.717) is 34.9 Å². The van der Waals surface area contributed by atoms with Gasteiger partial charge in [0.2, 0.25) is 0 Å². The highest BCUT2D eigenvalue weighted by molar-refractivity contribution is 8.22. The van der Waals surface area contributed by atoms with Gasteiger partial charge in [-0.1, -0.05) is 42.5 Å². The predicted octanol–water partition coefficient (Wildman–Crippen LogP) is 5.19. The molecule has 0 saturated heterocycles. The van der Waals surface area contributed by atoms with Gasteiger partial charge < -0.3 is 14.6 Å². The molecule has 2 unspecified atom stereocenters. The molecule has 0 fully saturated rings. The first kappa shape index (κ1) is 28.1. The number of rotatable bonds is 9. The third kappa shape index (κ3) is 5.71. The van der Waals surface area contributed by atoms with Crippen LogP contribution in [0.4, 0.5) is 0 Å². The van der Waals surface area contributed by atoms with E-state index in [1.54, 1.807) is 54.3 Å². The standard InChI is InChI=1S/C27H36N4O6S/c1-6-22-16-31(38(34,35)24-10-8-7-9-23(24)37-22)14-20-13-19(12-11-18(20)2)25(27(3,4)26(32)33)36-17-21-15-30(5)29-28-21/h7-13,15,22,25,34-35H,6,14,16-17H2,1-5H3,(H,32,33). The lowest BCUT2D eigenvalue weighted by Crippen LogP contribution is -2.35. The molecule has 38 heavy (non-hydrogen) atoms. The number of carboxylic acid groups (broad SMARTS) is 1. The number of fused-ring (bicyclic) bond motifs is 1. The molecule has 0 amide bonds. The van der Waals surface area contributed by atoms with Gasteiger partial charge in [0, 0.05) is 13.6 Å². The molecule has 4 rings (SSSR count). The molecule has 2 atom stereocenters. The minimum atomic E-state index is -3.33. The number of carbonyl (C=O) groups is 1. The average Bonchev–Trinajstić information content (AvgIpc) is 3.25. The summed E-state index contributed by atoms with van der Waals surface area (Å²) >= 11 is 0. The lowest BCUT2D eigenvalue weighted by molar-refractivity contribution is -0.158. The van der Waals surface area contributed by atoms with Crippen molar-refractivity contribution in [1.82, 2.24) is 19.3 Å². The van der Waals surface area contributed by atoms with Crippen molar-refractivity contribution in [2.75, 3.05) is 6.54 Å². The molecule has 0 aliphatic carbocycles. The SMILES string of the molecule is CCC1CN(Cc2cc(C(OCc3cn(C)nn3)C(C)(C)C(=O)O)ccc2C)S(O)(O)c2ccccc2O1. The number of ether oxygens (including phenoxy) is 2. The first-order valence-corrected chi connectivity index (χ1v) is 14.0. The second-order valence-electron chi connectivity index (χ2n) is 10.2. The van der Waals surface area contributed by atoms with Crippen molar-refractivity contribution in [3.05, 3.63) is 71.0 Å². The summed E-state index contributed by atoms with van der Waals surface area (Å²) in [5, 5.41) is 18.0. The summed E-state index contributed by atoms with van der Waals surface area (Å²) in [6, 6.07) is 12.7. The van der Waals surface area contributed by atoms with Gasteiger partial charge in [0.25, 0.3) is 0 Å². The van der Waals surface area contributed by atoms with Gasteiger partial charge in [0.1, 0.15) is 22.4 Å². The molecule has 2 heterocycles. The quantitative estimate of drug-likeness (QED) is 0.333. The Labute approximate surface area is 224 Å². The molecule has 1 aliphatic rings. The Kier molecular flexibility index (Phi) is 8.15. The third-order valence-corrected chi connectivity index (χ3v) is 8.86. The lowest BCUT2D eigenvalue weighted by Gasteiger charge is -2.42. The van der Waals surface area contributed by atoms with Crippen molar-refractivity contribution in [2.24, 2.45) is 12.5 Å². The highest BCUT2D eigenvalue weighted by Crippen LogP contribution is 2.57. The molecule has 11 heteroatoms. The van der Waals surface area contributed by atoms with E-state index in [4.69, 9.17) is 9.47 Å². The van der Waals surface area contributed by atoms with Crippen LogP contribution in [0.15, 0.2) is 53.6 Å². The van der Waals surface area contributed by atoms with Crippen molar-refractivity contribution in [2.45, 2.75) is 64.4 Å². The Balaban J connectivity index is 1.68. The van der Waals surface area contributed by atoms with Crippen LogP contribution in [0.1, 0.15) is 55.7 Å². The summed E-state index contributed by atoms with van der Waals surface area (Å²) in [5.41, 5.74) is 1.80. The van der Waals surface area contributed by atoms with Crippen molar-refractivity contribution in [1.29, 1.82) is 0 Å². The molecule has 206 valence electrons. The Morgan fingerprint density at radius 1 is 1.26 bits per heavy atom. The zero-order valence-electron chi connectivity index (χ0n) is 22.4. The first-order valence-electron chi connectivity index (χ1n) is 12.5. The Bertz CT molecular complexity index is 1290. The van der Waals surface area contributed by atoms with Crippen LogP contribution >= 0.6 is 10.8 Å². The maximum atomic E-state index is 12.2. The van der Waals surface area contributed by atoms with Crippen LogP contribution in [0.5, 0.6) is 5.75 Å². The molecule has 0 bridgehead atoms. The van der Waals surface area contributed by atoms with Gasteiger partial charge in [0.05, 0.1) is 30.9 Å². The number of hydrogen-bond acceptors (Lipinski definition) is 8. The average molecular weight is 545 g/mol. The summed E-state index contributed by atoms with van der Waals surface area (Å²) < 4.78 is 38.3. The van der Waals surface area contributed by atoms with Gasteiger partial charge in [-0.2, -0.15) is 4.31 Å². The maximum Gasteiger partial charge on any atom is 0.312 e. The number of carboxylic acids is 1. The Morgan fingerprint density at radius 3 is 2.66 bits per heavy atom. The van der Waals surface area contributed by atoms with Crippen molar-refractivity contribution in [3.8, 4) is 5.75 Å². The third-order valence-electron chi connectivity index (χ3n) is 6.94. The first-order chi connectivity index (χ1) is 17.9. The highest BCUT2D eigenvalue weighted by Gasteiger charge is 2.40. The molecule has 1 aromatic heterocycles. The number of aromatic nitrogens is 3. The summed E-state index contributed by atoms with van der Waals surface area (Å²) in [5.74, 6) is -0.516. The Morgan fingerprint density at radius 2 is 2.00 bits per heavy atom. The molecule has 3 aromatic rings. The molecule has 3 N–H and O–H groups in total. The van der Waals surface area contributed by atoms with Crippen LogP contribution in [0.25, 0.3) is 0 Å². The van der Waals surface area contributed by atoms with Crippen LogP contribution in [0.2, 0.25) is 0 Å². The van der Waals surface area contributed by atoms with E-state index in [9.17, 15) is 19.0 Å². The van der Waals surface area contributed by atoms with E-state index in [-0.39, 0.29) is 19.3 Å². The number of aliphatic carboxylic acids is 1. The second-order valence-corrected chi connectivity index (χ2v) is 12.2. The molecular formula is C27H36N4O6S. The lowest BCUT2D eigenvalue weighted by atomic mass is 9.81. The van der Waals surface area contributed by atoms with Crippen LogP contribution < -0.4 is 4.74 Å². The van der Waals surface area contributed by atoms with Crippen LogP contribution in [0.3, 0.4) is 0 Å². The number of para-hydroxylation sites is 1. The van der Waals surface area contributed by atoms with E-state index >= 15 is 0 Å². The topological polar surface area (TPSA) is 130 Å². The molecule has 10 nitrogen and oxygen atoms in total. The van der Waals surface area contributed by atoms with E-state index in [1.165, 1.54) is 0 Å². The van der Waals surface area contributed by atoms with Gasteiger partial charge in [0.15, 0.2) is 0 Å². The minimum Gasteiger partial charge on any atom is -0.487 e. The summed E-state index contributed by atoms with van der Waals surface area (Å²) in [6.07, 6.45) is 1.41. The van der Waals surface area contributed by atoms with Gasteiger partial charge in [-0.15, -0.1) is 15.9 Å². The van der Waals surface area contributed by atoms with E-state index in [1.807, 2.05) is 38.1 Å². The monoisotopic (exact) mass is 544 g/mol. The number of benzene rings is 2. The van der Waals surface area contributed by atoms with Crippen LogP contribution in [-0.4, -0.2) is 52.1 Å². The van der Waals surface area contributed by atoms with E-state index < -0.39 is 28.3 Å². The second kappa shape index (κ2) is 11.0. The predicted molar refractivity (Wildman–Crippen MR) is 144 cm³/mol. The van der Waals surface area contributed by atoms with Crippen LogP contribution in [-0.2, 0) is 29.7 Å². The van der Waals surface area contributed by atoms with E-state index in [0.717, 1.165) is 11.1 Å². The zero-order chi connectivity index (χ0) is 27.7. The van der Waals surface area contributed by atoms with Gasteiger partial charge in [-0.3, -0.25) is 18.6 Å². The molecule has 0 saturated carbocycles. The number of hydrogen-bond donors (Lipinski definition) is 3. The van der Waals surface area contributed by atoms with Gasteiger partial charge in [-0.05, 0) is 56.0 Å². The zero-order valence-corrected chi connectivity index (χ0v) is 23.2. The minimum absolute atomic E-state index is 0.0946. The summed E-state index contributed by atoms with van der Waals surface area (Å²) in [4.78, 5) is 12.6. The molecule has 2 aromatic carbocycles. The fourth-order valence-corrected chi connectivity index (χ4v) is 6.12. The smallest absolute Gasteiger partial charge is 0.312 e. The fourth-order valence-electron chi connectivity index (χ4n) is 4.51. The summed E-state index contributed by atoms with van der Waals surface area (Å²) in [6.45, 7) is 7.86. The summed E-state index contributed by atoms with van der Waals surface area (Å²) in [7, 11) is -1.58.